The van der Waals surface area contributed by atoms with Crippen molar-refractivity contribution >= 4 is 30.2 Å². The Kier molecular flexibility index (Phi) is 4.95. The van der Waals surface area contributed by atoms with Gasteiger partial charge in [0.25, 0.3) is 0 Å². The quantitative estimate of drug-likeness (QED) is 0.388. The molecule has 2 heteroatoms. The number of hydrogen-bond donors (Lipinski definition) is 1. The van der Waals surface area contributed by atoms with Gasteiger partial charge < -0.3 is 0 Å². The van der Waals surface area contributed by atoms with Gasteiger partial charge in [-0.1, -0.05) is 20.8 Å². The molecule has 0 aliphatic carbocycles. The molecule has 0 aromatic carbocycles. The van der Waals surface area contributed by atoms with Crippen molar-refractivity contribution in [3.63, 3.8) is 0 Å². The molecule has 0 bridgehead atoms. The summed E-state index contributed by atoms with van der Waals surface area (Å²) in [6.07, 6.45) is 0. The van der Waals surface area contributed by atoms with E-state index in [0.29, 0.717) is 0 Å². The van der Waals surface area contributed by atoms with Crippen LogP contribution in [0.1, 0.15) is 20.8 Å². The molecule has 0 rings (SSSR count). The van der Waals surface area contributed by atoms with Crippen molar-refractivity contribution in [2.45, 2.75) is 25.5 Å². The molecule has 6 heavy (non-hydrogen) atoms. The second-order valence-corrected chi connectivity index (χ2v) is 3.51. The van der Waals surface area contributed by atoms with E-state index < -0.39 is 0 Å². The molecule has 0 radical (unpaired) electrons. The zero-order valence-electron chi connectivity index (χ0n) is 3.95. The monoisotopic (exact) mass is 168 g/mol. The van der Waals surface area contributed by atoms with Gasteiger partial charge in [0.2, 0.25) is 0 Å². The summed E-state index contributed by atoms with van der Waals surface area (Å²) < 4.78 is 0.194. The summed E-state index contributed by atoms with van der Waals surface area (Å²) in [4.78, 5) is 0. The molecule has 0 spiro atoms. The normalized spacial score (nSPS) is 10.0. The molecule has 0 atom stereocenters. The van der Waals surface area contributed by atoms with Gasteiger partial charge in [-0.25, -0.2) is 0 Å². The number of hydrogen-bond acceptors (Lipinski definition) is 1. The van der Waals surface area contributed by atoms with E-state index in [1.807, 2.05) is 0 Å². The SMILES string of the molecule is CC(C)(C)S.[GeH4]. The predicted octanol–water partition coefficient (Wildman–Crippen LogP) is 0.263. The first-order valence-corrected chi connectivity index (χ1v) is 2.17. The Balaban J connectivity index is 0. The van der Waals surface area contributed by atoms with Gasteiger partial charge in [0, 0.05) is 4.75 Å². The Morgan fingerprint density at radius 3 is 1.17 bits per heavy atom. The van der Waals surface area contributed by atoms with Crippen molar-refractivity contribution < 1.29 is 0 Å². The van der Waals surface area contributed by atoms with Gasteiger partial charge in [0.05, 0.1) is 0 Å². The van der Waals surface area contributed by atoms with Gasteiger partial charge in [-0.2, -0.15) is 12.6 Å². The van der Waals surface area contributed by atoms with Crippen LogP contribution in [-0.2, 0) is 0 Å². The zero-order valence-corrected chi connectivity index (χ0v) is 4.84. The van der Waals surface area contributed by atoms with E-state index in [2.05, 4.69) is 33.4 Å². The van der Waals surface area contributed by atoms with Crippen LogP contribution in [0.5, 0.6) is 0 Å². The first-order chi connectivity index (χ1) is 2.00. The predicted molar refractivity (Wildman–Crippen MR) is 40.1 cm³/mol. The van der Waals surface area contributed by atoms with Crippen molar-refractivity contribution in [3.8, 4) is 0 Å². The fraction of sp³-hybridized carbons (Fsp3) is 1.00. The van der Waals surface area contributed by atoms with Gasteiger partial charge in [-0.3, -0.25) is 0 Å². The molecule has 40 valence electrons. The van der Waals surface area contributed by atoms with E-state index in [-0.39, 0.29) is 22.3 Å². The van der Waals surface area contributed by atoms with Gasteiger partial charge >= 0.3 is 17.6 Å². The van der Waals surface area contributed by atoms with Crippen molar-refractivity contribution in [1.82, 2.24) is 0 Å². The fourth-order valence-corrected chi connectivity index (χ4v) is 0. The summed E-state index contributed by atoms with van der Waals surface area (Å²) in [7, 11) is 0. The average molecular weight is 167 g/mol. The molecule has 0 saturated carbocycles. The van der Waals surface area contributed by atoms with Gasteiger partial charge in [0.1, 0.15) is 0 Å². The van der Waals surface area contributed by atoms with E-state index >= 15 is 0 Å². The number of thiol groups is 1. The summed E-state index contributed by atoms with van der Waals surface area (Å²) in [5, 5.41) is 0. The van der Waals surface area contributed by atoms with Crippen molar-refractivity contribution in [2.24, 2.45) is 0 Å². The second-order valence-electron chi connectivity index (χ2n) is 2.17. The van der Waals surface area contributed by atoms with Crippen LogP contribution >= 0.6 is 12.6 Å². The Morgan fingerprint density at radius 1 is 1.17 bits per heavy atom. The first kappa shape index (κ1) is 10.00. The van der Waals surface area contributed by atoms with Crippen molar-refractivity contribution in [1.29, 1.82) is 0 Å². The molecule has 0 fully saturated rings. The average Bonchev–Trinajstić information content (AvgIpc) is 0.722. The molecule has 0 aliphatic heterocycles. The molecule has 0 nitrogen and oxygen atoms in total. The topological polar surface area (TPSA) is 0 Å². The minimum absolute atomic E-state index is 0. The molecule has 0 heterocycles. The van der Waals surface area contributed by atoms with Crippen LogP contribution in [0.25, 0.3) is 0 Å². The Labute approximate surface area is 56.1 Å². The maximum absolute atomic E-state index is 4.12. The summed E-state index contributed by atoms with van der Waals surface area (Å²) >= 11 is 4.12. The standard InChI is InChI=1S/C4H10S.GeH4/c1-4(2,3)5;/h5H,1-3H3;1H4. The molecule has 0 aromatic heterocycles. The third-order valence-corrected chi connectivity index (χ3v) is 0. The number of rotatable bonds is 0. The molecule has 0 aliphatic rings. The molecule has 0 amide bonds. The molecule has 0 aromatic rings. The summed E-state index contributed by atoms with van der Waals surface area (Å²) in [5.41, 5.74) is 0. The van der Waals surface area contributed by atoms with E-state index in [1.54, 1.807) is 0 Å². The van der Waals surface area contributed by atoms with Crippen LogP contribution in [0.3, 0.4) is 0 Å². The van der Waals surface area contributed by atoms with Crippen LogP contribution in [0, 0.1) is 0 Å². The Bertz CT molecular complexity index is 23.0. The third kappa shape index (κ3) is 93.0. The van der Waals surface area contributed by atoms with E-state index in [4.69, 9.17) is 0 Å². The van der Waals surface area contributed by atoms with Crippen LogP contribution < -0.4 is 0 Å². The summed E-state index contributed by atoms with van der Waals surface area (Å²) in [5.74, 6) is 0. The summed E-state index contributed by atoms with van der Waals surface area (Å²) in [6.45, 7) is 6.16. The van der Waals surface area contributed by atoms with Gasteiger partial charge in [-0.15, -0.1) is 0 Å². The Hall–Kier alpha value is 0.893. The summed E-state index contributed by atoms with van der Waals surface area (Å²) in [6, 6.07) is 0. The fourth-order valence-electron chi connectivity index (χ4n) is 0. The van der Waals surface area contributed by atoms with Crippen LogP contribution in [0.4, 0.5) is 0 Å². The van der Waals surface area contributed by atoms with Crippen LogP contribution in [0.2, 0.25) is 0 Å². The van der Waals surface area contributed by atoms with Crippen molar-refractivity contribution in [2.75, 3.05) is 0 Å². The molecule has 0 saturated heterocycles. The van der Waals surface area contributed by atoms with E-state index in [0.717, 1.165) is 0 Å². The minimum atomic E-state index is 0. The first-order valence-electron chi connectivity index (χ1n) is 1.72. The van der Waals surface area contributed by atoms with Crippen molar-refractivity contribution in [3.05, 3.63) is 0 Å². The van der Waals surface area contributed by atoms with Crippen LogP contribution in [-0.4, -0.2) is 22.3 Å². The maximum atomic E-state index is 4.12. The molecular formula is C4H14GeS. The zero-order chi connectivity index (χ0) is 4.50. The molecular weight excluding hydrogens is 153 g/mol. The second kappa shape index (κ2) is 2.97. The van der Waals surface area contributed by atoms with E-state index in [9.17, 15) is 0 Å². The van der Waals surface area contributed by atoms with Gasteiger partial charge in [0.15, 0.2) is 0 Å². The Morgan fingerprint density at radius 2 is 1.17 bits per heavy atom. The molecule has 0 unspecified atom stereocenters. The third-order valence-electron chi connectivity index (χ3n) is 0. The molecule has 0 N–H and O–H groups in total. The van der Waals surface area contributed by atoms with E-state index in [1.165, 1.54) is 0 Å². The van der Waals surface area contributed by atoms with Gasteiger partial charge in [-0.05, 0) is 0 Å². The van der Waals surface area contributed by atoms with Crippen LogP contribution in [0.15, 0.2) is 0 Å².